The Bertz CT molecular complexity index is 280. The van der Waals surface area contributed by atoms with Gasteiger partial charge in [0, 0.05) is 6.42 Å². The molecule has 6 heteroatoms. The minimum Gasteiger partial charge on any atom is -1.00 e. The Hall–Kier alpha value is -0.100. The van der Waals surface area contributed by atoms with E-state index in [9.17, 15) is 9.59 Å². The SMILES string of the molecule is CCCCCCCCCCCC(=O)NC(CO)C(=O)O.[H-].[Na+]. The van der Waals surface area contributed by atoms with Crippen LogP contribution in [0.25, 0.3) is 0 Å². The number of carbonyl (C=O) groups excluding carboxylic acids is 1. The maximum atomic E-state index is 11.4. The molecule has 1 atom stereocenters. The predicted octanol–water partition coefficient (Wildman–Crippen LogP) is -0.414. The number of amides is 1. The van der Waals surface area contributed by atoms with Crippen molar-refractivity contribution in [3.63, 3.8) is 0 Å². The van der Waals surface area contributed by atoms with Gasteiger partial charge in [-0.05, 0) is 6.42 Å². The van der Waals surface area contributed by atoms with Crippen molar-refractivity contribution in [2.45, 2.75) is 77.2 Å². The smallest absolute Gasteiger partial charge is 1.00 e. The van der Waals surface area contributed by atoms with Crippen molar-refractivity contribution in [2.24, 2.45) is 0 Å². The fourth-order valence-electron chi connectivity index (χ4n) is 2.05. The van der Waals surface area contributed by atoms with Crippen molar-refractivity contribution >= 4 is 11.9 Å². The van der Waals surface area contributed by atoms with Gasteiger partial charge in [0.1, 0.15) is 6.04 Å². The summed E-state index contributed by atoms with van der Waals surface area (Å²) in [6.45, 7) is 1.63. The van der Waals surface area contributed by atoms with E-state index < -0.39 is 18.6 Å². The first-order valence-electron chi connectivity index (χ1n) is 7.74. The monoisotopic (exact) mass is 311 g/mol. The van der Waals surface area contributed by atoms with Crippen LogP contribution in [0.15, 0.2) is 0 Å². The standard InChI is InChI=1S/C15H29NO4.Na.H/c1-2-3-4-5-6-7-8-9-10-11-14(18)16-13(12-17)15(19)20;;/h13,17H,2-12H2,1H3,(H,16,18)(H,19,20);;/q;+1;-1. The van der Waals surface area contributed by atoms with Crippen LogP contribution in [0, 0.1) is 0 Å². The van der Waals surface area contributed by atoms with Crippen molar-refractivity contribution in [3.05, 3.63) is 0 Å². The number of hydrogen-bond acceptors (Lipinski definition) is 3. The molecule has 0 radical (unpaired) electrons. The molecule has 3 N–H and O–H groups in total. The molecule has 120 valence electrons. The Morgan fingerprint density at radius 2 is 1.48 bits per heavy atom. The summed E-state index contributed by atoms with van der Waals surface area (Å²) < 4.78 is 0. The van der Waals surface area contributed by atoms with Gasteiger partial charge < -0.3 is 17.0 Å². The first-order chi connectivity index (χ1) is 9.61. The van der Waals surface area contributed by atoms with Crippen LogP contribution in [-0.2, 0) is 9.59 Å². The van der Waals surface area contributed by atoms with E-state index in [1.807, 2.05) is 0 Å². The molecule has 0 aliphatic heterocycles. The maximum Gasteiger partial charge on any atom is 1.00 e. The molecule has 0 bridgehead atoms. The number of rotatable bonds is 13. The minimum atomic E-state index is -1.20. The number of carboxylic acids is 1. The Balaban J connectivity index is -0.00000180. The Morgan fingerprint density at radius 3 is 1.90 bits per heavy atom. The van der Waals surface area contributed by atoms with E-state index in [4.69, 9.17) is 10.2 Å². The van der Waals surface area contributed by atoms with E-state index in [2.05, 4.69) is 12.2 Å². The average Bonchev–Trinajstić information content (AvgIpc) is 2.42. The molecular weight excluding hydrogens is 281 g/mol. The fraction of sp³-hybridized carbons (Fsp3) is 0.867. The van der Waals surface area contributed by atoms with Gasteiger partial charge >= 0.3 is 35.5 Å². The Labute approximate surface area is 151 Å². The van der Waals surface area contributed by atoms with Crippen molar-refractivity contribution in [2.75, 3.05) is 6.61 Å². The van der Waals surface area contributed by atoms with Crippen LogP contribution < -0.4 is 34.9 Å². The van der Waals surface area contributed by atoms with Crippen molar-refractivity contribution in [3.8, 4) is 0 Å². The molecular formula is C15H30NNaO4. The molecule has 1 amide bonds. The van der Waals surface area contributed by atoms with Gasteiger partial charge in [-0.25, -0.2) is 4.79 Å². The summed E-state index contributed by atoms with van der Waals surface area (Å²) in [5, 5.41) is 19.8. The molecule has 5 nitrogen and oxygen atoms in total. The van der Waals surface area contributed by atoms with Crippen molar-refractivity contribution < 1.29 is 50.8 Å². The molecule has 0 aromatic heterocycles. The van der Waals surface area contributed by atoms with Gasteiger partial charge in [0.15, 0.2) is 0 Å². The largest absolute Gasteiger partial charge is 1.00 e. The van der Waals surface area contributed by atoms with Gasteiger partial charge in [-0.2, -0.15) is 0 Å². The van der Waals surface area contributed by atoms with E-state index in [1.54, 1.807) is 0 Å². The number of nitrogens with one attached hydrogen (secondary N) is 1. The van der Waals surface area contributed by atoms with E-state index in [-0.39, 0.29) is 36.9 Å². The molecule has 0 spiro atoms. The summed E-state index contributed by atoms with van der Waals surface area (Å²) in [5.74, 6) is -1.50. The zero-order valence-corrected chi connectivity index (χ0v) is 15.6. The summed E-state index contributed by atoms with van der Waals surface area (Å²) >= 11 is 0. The maximum absolute atomic E-state index is 11.4. The van der Waals surface area contributed by atoms with Crippen LogP contribution in [0.5, 0.6) is 0 Å². The number of aliphatic hydroxyl groups excluding tert-OH is 1. The summed E-state index contributed by atoms with van der Waals surface area (Å²) in [6, 6.07) is -1.18. The summed E-state index contributed by atoms with van der Waals surface area (Å²) in [6.07, 6.45) is 10.9. The first-order valence-corrected chi connectivity index (χ1v) is 7.74. The van der Waals surface area contributed by atoms with Gasteiger partial charge in [-0.1, -0.05) is 58.3 Å². The van der Waals surface area contributed by atoms with Gasteiger partial charge in [-0.3, -0.25) is 4.79 Å². The Morgan fingerprint density at radius 1 is 1.00 bits per heavy atom. The summed E-state index contributed by atoms with van der Waals surface area (Å²) in [4.78, 5) is 22.1. The predicted molar refractivity (Wildman–Crippen MR) is 79.6 cm³/mol. The number of carboxylic acid groups (broad SMARTS) is 1. The first kappa shape index (κ1) is 23.2. The van der Waals surface area contributed by atoms with Crippen molar-refractivity contribution in [1.29, 1.82) is 0 Å². The van der Waals surface area contributed by atoms with Crippen LogP contribution in [0.1, 0.15) is 72.6 Å². The second-order valence-corrected chi connectivity index (χ2v) is 5.22. The second kappa shape index (κ2) is 16.3. The van der Waals surface area contributed by atoms with Gasteiger partial charge in [0.25, 0.3) is 0 Å². The molecule has 0 aliphatic carbocycles. The van der Waals surface area contributed by atoms with Gasteiger partial charge in [0.2, 0.25) is 5.91 Å². The van der Waals surface area contributed by atoms with Crippen LogP contribution in [0.3, 0.4) is 0 Å². The number of aliphatic hydroxyl groups is 1. The Kier molecular flexibility index (Phi) is 18.0. The molecule has 0 rings (SSSR count). The van der Waals surface area contributed by atoms with Crippen LogP contribution >= 0.6 is 0 Å². The molecule has 21 heavy (non-hydrogen) atoms. The zero-order valence-electron chi connectivity index (χ0n) is 14.6. The zero-order chi connectivity index (χ0) is 15.2. The number of hydrogen-bond donors (Lipinski definition) is 3. The number of carbonyl (C=O) groups is 2. The third-order valence-corrected chi connectivity index (χ3v) is 3.32. The topological polar surface area (TPSA) is 86.6 Å². The minimum absolute atomic E-state index is 0. The van der Waals surface area contributed by atoms with E-state index in [1.165, 1.54) is 38.5 Å². The molecule has 0 fully saturated rings. The quantitative estimate of drug-likeness (QED) is 0.319. The average molecular weight is 311 g/mol. The molecule has 0 aromatic carbocycles. The van der Waals surface area contributed by atoms with Crippen LogP contribution in [0.2, 0.25) is 0 Å². The van der Waals surface area contributed by atoms with Gasteiger partial charge in [0.05, 0.1) is 6.61 Å². The van der Waals surface area contributed by atoms with E-state index in [0.29, 0.717) is 6.42 Å². The normalized spacial score (nSPS) is 11.5. The van der Waals surface area contributed by atoms with Crippen molar-refractivity contribution in [1.82, 2.24) is 5.32 Å². The van der Waals surface area contributed by atoms with E-state index in [0.717, 1.165) is 19.3 Å². The number of unbranched alkanes of at least 4 members (excludes halogenated alkanes) is 8. The molecule has 0 heterocycles. The van der Waals surface area contributed by atoms with Crippen LogP contribution in [0.4, 0.5) is 0 Å². The third kappa shape index (κ3) is 14.6. The fourth-order valence-corrected chi connectivity index (χ4v) is 2.05. The summed E-state index contributed by atoms with van der Waals surface area (Å²) in [5.41, 5.74) is 0. The van der Waals surface area contributed by atoms with Gasteiger partial charge in [-0.15, -0.1) is 0 Å². The molecule has 0 aliphatic rings. The molecule has 0 saturated heterocycles. The summed E-state index contributed by atoms with van der Waals surface area (Å²) in [7, 11) is 0. The molecule has 1 unspecified atom stereocenters. The molecule has 0 aromatic rings. The second-order valence-electron chi connectivity index (χ2n) is 5.22. The van der Waals surface area contributed by atoms with E-state index >= 15 is 0 Å². The molecule has 0 saturated carbocycles. The van der Waals surface area contributed by atoms with Crippen LogP contribution in [-0.4, -0.2) is 34.7 Å². The third-order valence-electron chi connectivity index (χ3n) is 3.32. The number of aliphatic carboxylic acids is 1.